The molecule has 0 fully saturated rings. The summed E-state index contributed by atoms with van der Waals surface area (Å²) >= 11 is 0. The molecule has 3 nitrogen and oxygen atoms in total. The Morgan fingerprint density at radius 2 is 1.77 bits per heavy atom. The minimum Gasteiger partial charge on any atom is -0.469 e. The second-order valence-electron chi connectivity index (χ2n) is 5.08. The number of rotatable bonds is 4. The van der Waals surface area contributed by atoms with E-state index < -0.39 is 0 Å². The lowest BCUT2D eigenvalue weighted by atomic mass is 9.78. The van der Waals surface area contributed by atoms with Gasteiger partial charge in [-0.3, -0.25) is 4.79 Å². The Balaban J connectivity index is 4.16. The monoisotopic (exact) mass is 187 g/mol. The highest BCUT2D eigenvalue weighted by atomic mass is 16.5. The zero-order valence-corrected chi connectivity index (χ0v) is 9.31. The van der Waals surface area contributed by atoms with Gasteiger partial charge in [0.1, 0.15) is 0 Å². The summed E-state index contributed by atoms with van der Waals surface area (Å²) in [6.07, 6.45) is 1.22. The molecule has 0 atom stereocenters. The van der Waals surface area contributed by atoms with Crippen LogP contribution in [0.2, 0.25) is 0 Å². The Kier molecular flexibility index (Phi) is 3.91. The van der Waals surface area contributed by atoms with Crippen LogP contribution < -0.4 is 5.73 Å². The van der Waals surface area contributed by atoms with Crippen LogP contribution in [0.15, 0.2) is 0 Å². The number of esters is 1. The quantitative estimate of drug-likeness (QED) is 0.681. The van der Waals surface area contributed by atoms with E-state index in [9.17, 15) is 4.79 Å². The number of carbonyl (C=O) groups is 1. The van der Waals surface area contributed by atoms with Crippen molar-refractivity contribution in [3.05, 3.63) is 0 Å². The van der Waals surface area contributed by atoms with Crippen LogP contribution in [-0.4, -0.2) is 18.6 Å². The third-order valence-electron chi connectivity index (χ3n) is 1.78. The highest BCUT2D eigenvalue weighted by Crippen LogP contribution is 2.30. The highest BCUT2D eigenvalue weighted by molar-refractivity contribution is 5.69. The molecule has 0 aromatic heterocycles. The Hall–Kier alpha value is -0.570. The first-order chi connectivity index (χ1) is 5.66. The number of methoxy groups -OCH3 is 1. The minimum atomic E-state index is -0.239. The highest BCUT2D eigenvalue weighted by Gasteiger charge is 2.28. The van der Waals surface area contributed by atoms with Crippen molar-refractivity contribution in [3.63, 3.8) is 0 Å². The van der Waals surface area contributed by atoms with Crippen molar-refractivity contribution in [2.45, 2.75) is 46.1 Å². The van der Waals surface area contributed by atoms with Gasteiger partial charge < -0.3 is 10.5 Å². The van der Waals surface area contributed by atoms with Crippen molar-refractivity contribution in [1.82, 2.24) is 0 Å². The van der Waals surface area contributed by atoms with Crippen LogP contribution in [0, 0.1) is 5.41 Å². The third-order valence-corrected chi connectivity index (χ3v) is 1.78. The Morgan fingerprint density at radius 1 is 1.31 bits per heavy atom. The molecule has 78 valence electrons. The SMILES string of the molecule is COC(=O)CC(C)(C)CC(C)(C)N. The number of carbonyl (C=O) groups excluding carboxylic acids is 1. The molecule has 0 saturated carbocycles. The van der Waals surface area contributed by atoms with Crippen LogP contribution >= 0.6 is 0 Å². The molecule has 0 amide bonds. The zero-order valence-electron chi connectivity index (χ0n) is 9.31. The number of ether oxygens (including phenoxy) is 1. The number of hydrogen-bond acceptors (Lipinski definition) is 3. The van der Waals surface area contributed by atoms with Crippen molar-refractivity contribution >= 4 is 5.97 Å². The van der Waals surface area contributed by atoms with Gasteiger partial charge >= 0.3 is 5.97 Å². The molecule has 0 aliphatic carbocycles. The molecule has 2 N–H and O–H groups in total. The van der Waals surface area contributed by atoms with Gasteiger partial charge in [-0.15, -0.1) is 0 Å². The van der Waals surface area contributed by atoms with Gasteiger partial charge in [0, 0.05) is 5.54 Å². The molecular weight excluding hydrogens is 166 g/mol. The molecule has 0 aliphatic rings. The first-order valence-electron chi connectivity index (χ1n) is 4.52. The maximum atomic E-state index is 11.1. The van der Waals surface area contributed by atoms with Gasteiger partial charge in [0.05, 0.1) is 13.5 Å². The molecule has 13 heavy (non-hydrogen) atoms. The Morgan fingerprint density at radius 3 is 2.08 bits per heavy atom. The van der Waals surface area contributed by atoms with Gasteiger partial charge in [-0.25, -0.2) is 0 Å². The summed E-state index contributed by atoms with van der Waals surface area (Å²) in [5, 5.41) is 0. The predicted molar refractivity (Wildman–Crippen MR) is 53.3 cm³/mol. The number of hydrogen-bond donors (Lipinski definition) is 1. The molecule has 3 heteroatoms. The van der Waals surface area contributed by atoms with E-state index in [2.05, 4.69) is 4.74 Å². The molecule has 0 aliphatic heterocycles. The maximum Gasteiger partial charge on any atom is 0.306 e. The summed E-state index contributed by atoms with van der Waals surface area (Å²) in [7, 11) is 1.41. The van der Waals surface area contributed by atoms with Gasteiger partial charge in [-0.1, -0.05) is 13.8 Å². The fourth-order valence-corrected chi connectivity index (χ4v) is 1.76. The van der Waals surface area contributed by atoms with Crippen molar-refractivity contribution < 1.29 is 9.53 Å². The minimum absolute atomic E-state index is 0.0919. The van der Waals surface area contributed by atoms with E-state index in [1.807, 2.05) is 27.7 Å². The average Bonchev–Trinajstić information content (AvgIpc) is 1.80. The van der Waals surface area contributed by atoms with Crippen molar-refractivity contribution in [3.8, 4) is 0 Å². The molecule has 0 rings (SSSR count). The standard InChI is InChI=1S/C10H21NO2/c1-9(2,6-8(12)13-5)7-10(3,4)11/h6-7,11H2,1-5H3. The summed E-state index contributed by atoms with van der Waals surface area (Å²) in [5.74, 6) is -0.172. The summed E-state index contributed by atoms with van der Waals surface area (Å²) in [6, 6.07) is 0. The van der Waals surface area contributed by atoms with E-state index >= 15 is 0 Å². The van der Waals surface area contributed by atoms with Crippen LogP contribution in [-0.2, 0) is 9.53 Å². The van der Waals surface area contributed by atoms with Crippen molar-refractivity contribution in [1.29, 1.82) is 0 Å². The van der Waals surface area contributed by atoms with Crippen molar-refractivity contribution in [2.24, 2.45) is 11.1 Å². The van der Waals surface area contributed by atoms with E-state index in [4.69, 9.17) is 5.73 Å². The van der Waals surface area contributed by atoms with Crippen LogP contribution in [0.4, 0.5) is 0 Å². The topological polar surface area (TPSA) is 52.3 Å². The molecule has 0 spiro atoms. The lowest BCUT2D eigenvalue weighted by molar-refractivity contribution is -0.143. The van der Waals surface area contributed by atoms with Gasteiger partial charge in [0.15, 0.2) is 0 Å². The second kappa shape index (κ2) is 4.09. The van der Waals surface area contributed by atoms with E-state index in [-0.39, 0.29) is 16.9 Å². The van der Waals surface area contributed by atoms with Crippen molar-refractivity contribution in [2.75, 3.05) is 7.11 Å². The Bertz CT molecular complexity index is 180. The van der Waals surface area contributed by atoms with Crippen LogP contribution in [0.5, 0.6) is 0 Å². The van der Waals surface area contributed by atoms with E-state index in [1.165, 1.54) is 7.11 Å². The lowest BCUT2D eigenvalue weighted by Gasteiger charge is -2.31. The smallest absolute Gasteiger partial charge is 0.306 e. The molecule has 0 heterocycles. The molecule has 0 saturated heterocycles. The molecule has 0 radical (unpaired) electrons. The lowest BCUT2D eigenvalue weighted by Crippen LogP contribution is -2.38. The van der Waals surface area contributed by atoms with Crippen LogP contribution in [0.3, 0.4) is 0 Å². The van der Waals surface area contributed by atoms with E-state index in [1.54, 1.807) is 0 Å². The number of nitrogens with two attached hydrogens (primary N) is 1. The first kappa shape index (κ1) is 12.4. The largest absolute Gasteiger partial charge is 0.469 e. The van der Waals surface area contributed by atoms with Gasteiger partial charge in [0.2, 0.25) is 0 Å². The Labute approximate surface area is 80.6 Å². The first-order valence-corrected chi connectivity index (χ1v) is 4.52. The van der Waals surface area contributed by atoms with E-state index in [0.717, 1.165) is 6.42 Å². The van der Waals surface area contributed by atoms with Crippen LogP contribution in [0.25, 0.3) is 0 Å². The molecule has 0 bridgehead atoms. The maximum absolute atomic E-state index is 11.1. The molecule has 0 aromatic rings. The summed E-state index contributed by atoms with van der Waals surface area (Å²) in [6.45, 7) is 7.98. The van der Waals surface area contributed by atoms with Crippen LogP contribution in [0.1, 0.15) is 40.5 Å². The summed E-state index contributed by atoms with van der Waals surface area (Å²) in [4.78, 5) is 11.1. The van der Waals surface area contributed by atoms with E-state index in [0.29, 0.717) is 6.42 Å². The average molecular weight is 187 g/mol. The van der Waals surface area contributed by atoms with Gasteiger partial charge in [-0.05, 0) is 25.7 Å². The molecular formula is C10H21NO2. The normalized spacial score (nSPS) is 12.8. The third kappa shape index (κ3) is 6.58. The molecule has 0 aromatic carbocycles. The summed E-state index contributed by atoms with van der Waals surface area (Å²) < 4.78 is 4.62. The second-order valence-corrected chi connectivity index (χ2v) is 5.08. The summed E-state index contributed by atoms with van der Waals surface area (Å²) in [5.41, 5.74) is 5.56. The fourth-order valence-electron chi connectivity index (χ4n) is 1.76. The fraction of sp³-hybridized carbons (Fsp3) is 0.900. The predicted octanol–water partition coefficient (Wildman–Crippen LogP) is 1.70. The van der Waals surface area contributed by atoms with Gasteiger partial charge in [0.25, 0.3) is 0 Å². The molecule has 0 unspecified atom stereocenters. The zero-order chi connectivity index (χ0) is 10.7. The van der Waals surface area contributed by atoms with Gasteiger partial charge in [-0.2, -0.15) is 0 Å².